The molecule has 0 bridgehead atoms. The van der Waals surface area contributed by atoms with E-state index in [1.807, 2.05) is 13.8 Å². The Morgan fingerprint density at radius 1 is 1.33 bits per heavy atom. The van der Waals surface area contributed by atoms with Crippen LogP contribution < -0.4 is 10.6 Å². The second-order valence-electron chi connectivity index (χ2n) is 4.51. The Bertz CT molecular complexity index is 320. The van der Waals surface area contributed by atoms with Gasteiger partial charge in [-0.1, -0.05) is 0 Å². The zero-order valence-electron chi connectivity index (χ0n) is 9.92. The van der Waals surface area contributed by atoms with Crippen LogP contribution in [0.5, 0.6) is 0 Å². The van der Waals surface area contributed by atoms with Gasteiger partial charge in [-0.05, 0) is 27.7 Å². The van der Waals surface area contributed by atoms with Gasteiger partial charge < -0.3 is 10.6 Å². The maximum absolute atomic E-state index is 11.3. The van der Waals surface area contributed by atoms with Crippen LogP contribution in [0.4, 0.5) is 4.79 Å². The van der Waals surface area contributed by atoms with Crippen molar-refractivity contribution < 1.29 is 13.2 Å². The Morgan fingerprint density at radius 2 is 1.80 bits per heavy atom. The van der Waals surface area contributed by atoms with Gasteiger partial charge in [-0.2, -0.15) is 0 Å². The average molecular weight is 236 g/mol. The second kappa shape index (κ2) is 4.83. The number of urea groups is 1. The molecule has 0 atom stereocenters. The van der Waals surface area contributed by atoms with Crippen LogP contribution in [0.15, 0.2) is 0 Å². The Kier molecular flexibility index (Phi) is 4.58. The van der Waals surface area contributed by atoms with Crippen molar-refractivity contribution in [3.05, 3.63) is 0 Å². The highest BCUT2D eigenvalue weighted by Crippen LogP contribution is 2.13. The van der Waals surface area contributed by atoms with Gasteiger partial charge in [-0.25, -0.2) is 13.2 Å². The zero-order chi connectivity index (χ0) is 12.3. The molecule has 2 amide bonds. The third-order valence-corrected chi connectivity index (χ3v) is 4.25. The highest BCUT2D eigenvalue weighted by Gasteiger charge is 2.30. The van der Waals surface area contributed by atoms with Gasteiger partial charge >= 0.3 is 6.03 Å². The highest BCUT2D eigenvalue weighted by atomic mass is 32.2. The predicted molar refractivity (Wildman–Crippen MR) is 60.6 cm³/mol. The lowest BCUT2D eigenvalue weighted by Gasteiger charge is -2.23. The van der Waals surface area contributed by atoms with Crippen molar-refractivity contribution in [2.45, 2.75) is 38.5 Å². The molecule has 90 valence electrons. The molecule has 5 nitrogen and oxygen atoms in total. The molecule has 0 fully saturated rings. The fourth-order valence-corrected chi connectivity index (χ4v) is 1.07. The van der Waals surface area contributed by atoms with Crippen LogP contribution in [0.1, 0.15) is 27.7 Å². The van der Waals surface area contributed by atoms with E-state index >= 15 is 0 Å². The molecule has 0 aliphatic heterocycles. The van der Waals surface area contributed by atoms with Crippen LogP contribution in [-0.4, -0.2) is 38.0 Å². The van der Waals surface area contributed by atoms with Crippen molar-refractivity contribution in [3.8, 4) is 0 Å². The molecular weight excluding hydrogens is 216 g/mol. The summed E-state index contributed by atoms with van der Waals surface area (Å²) in [6, 6.07) is -0.312. The summed E-state index contributed by atoms with van der Waals surface area (Å²) in [5.41, 5.74) is 0. The molecule has 2 N–H and O–H groups in total. The van der Waals surface area contributed by atoms with Crippen molar-refractivity contribution in [1.29, 1.82) is 0 Å². The quantitative estimate of drug-likeness (QED) is 0.747. The lowest BCUT2D eigenvalue weighted by molar-refractivity contribution is 0.237. The van der Waals surface area contributed by atoms with Crippen molar-refractivity contribution >= 4 is 15.9 Å². The van der Waals surface area contributed by atoms with Gasteiger partial charge in [0.2, 0.25) is 0 Å². The number of carbonyl (C=O) groups excluding carboxylic acids is 1. The van der Waals surface area contributed by atoms with Crippen LogP contribution in [0.2, 0.25) is 0 Å². The standard InChI is InChI=1S/C9H20N2O3S/c1-7(2)11-8(12)10-6-9(3,4)15(5,13)14/h7H,6H2,1-5H3,(H2,10,11,12). The minimum absolute atomic E-state index is 0.0337. The Labute approximate surface area is 91.5 Å². The van der Waals surface area contributed by atoms with E-state index in [2.05, 4.69) is 10.6 Å². The van der Waals surface area contributed by atoms with Gasteiger partial charge in [-0.3, -0.25) is 0 Å². The number of sulfone groups is 1. The monoisotopic (exact) mass is 236 g/mol. The largest absolute Gasteiger partial charge is 0.337 e. The van der Waals surface area contributed by atoms with Crippen LogP contribution >= 0.6 is 0 Å². The summed E-state index contributed by atoms with van der Waals surface area (Å²) in [5, 5.41) is 5.15. The molecule has 0 aliphatic carbocycles. The maximum Gasteiger partial charge on any atom is 0.315 e. The number of hydrogen-bond acceptors (Lipinski definition) is 3. The molecule has 6 heteroatoms. The second-order valence-corrected chi connectivity index (χ2v) is 7.16. The van der Waals surface area contributed by atoms with Crippen molar-refractivity contribution in [2.75, 3.05) is 12.8 Å². The van der Waals surface area contributed by atoms with E-state index in [-0.39, 0.29) is 18.6 Å². The van der Waals surface area contributed by atoms with Gasteiger partial charge in [0.25, 0.3) is 0 Å². The smallest absolute Gasteiger partial charge is 0.315 e. The molecule has 0 radical (unpaired) electrons. The normalized spacial score (nSPS) is 12.7. The van der Waals surface area contributed by atoms with Gasteiger partial charge in [0.1, 0.15) is 0 Å². The first kappa shape index (κ1) is 14.2. The Morgan fingerprint density at radius 3 is 2.13 bits per heavy atom. The first-order chi connectivity index (χ1) is 6.56. The van der Waals surface area contributed by atoms with E-state index in [0.29, 0.717) is 0 Å². The molecule has 0 spiro atoms. The molecule has 0 aliphatic rings. The summed E-state index contributed by atoms with van der Waals surface area (Å²) in [4.78, 5) is 11.2. The molecule has 0 aromatic carbocycles. The number of rotatable bonds is 4. The number of carbonyl (C=O) groups is 1. The van der Waals surface area contributed by atoms with Crippen molar-refractivity contribution in [3.63, 3.8) is 0 Å². The predicted octanol–water partition coefficient (Wildman–Crippen LogP) is 0.517. The van der Waals surface area contributed by atoms with Gasteiger partial charge in [0.15, 0.2) is 9.84 Å². The minimum atomic E-state index is -3.17. The van der Waals surface area contributed by atoms with E-state index in [1.165, 1.54) is 0 Å². The molecule has 0 heterocycles. The third-order valence-electron chi connectivity index (χ3n) is 2.10. The van der Waals surface area contributed by atoms with Crippen LogP contribution in [0, 0.1) is 0 Å². The van der Waals surface area contributed by atoms with E-state index in [1.54, 1.807) is 13.8 Å². The molecule has 0 saturated heterocycles. The Hall–Kier alpha value is -0.780. The zero-order valence-corrected chi connectivity index (χ0v) is 10.7. The third kappa shape index (κ3) is 5.01. The molecule has 0 rings (SSSR count). The molecule has 0 aromatic heterocycles. The molecule has 0 aromatic rings. The average Bonchev–Trinajstić information content (AvgIpc) is 1.97. The summed E-state index contributed by atoms with van der Waals surface area (Å²) >= 11 is 0. The fraction of sp³-hybridized carbons (Fsp3) is 0.889. The lowest BCUT2D eigenvalue weighted by atomic mass is 10.2. The topological polar surface area (TPSA) is 75.3 Å². The van der Waals surface area contributed by atoms with Gasteiger partial charge in [0, 0.05) is 18.8 Å². The summed E-state index contributed by atoms with van der Waals surface area (Å²) < 4.78 is 21.7. The lowest BCUT2D eigenvalue weighted by Crippen LogP contribution is -2.48. The van der Waals surface area contributed by atoms with E-state index < -0.39 is 14.6 Å². The van der Waals surface area contributed by atoms with E-state index in [0.717, 1.165) is 6.26 Å². The van der Waals surface area contributed by atoms with Gasteiger partial charge in [-0.15, -0.1) is 0 Å². The first-order valence-electron chi connectivity index (χ1n) is 4.80. The molecule has 15 heavy (non-hydrogen) atoms. The van der Waals surface area contributed by atoms with Crippen LogP contribution in [0.3, 0.4) is 0 Å². The number of hydrogen-bond donors (Lipinski definition) is 2. The van der Waals surface area contributed by atoms with Crippen LogP contribution in [0.25, 0.3) is 0 Å². The molecular formula is C9H20N2O3S. The Balaban J connectivity index is 4.23. The summed E-state index contributed by atoms with van der Waals surface area (Å²) in [6.07, 6.45) is 1.16. The highest BCUT2D eigenvalue weighted by molar-refractivity contribution is 7.92. The maximum atomic E-state index is 11.3. The summed E-state index contributed by atoms with van der Waals surface area (Å²) in [5.74, 6) is 0. The molecule has 0 saturated carbocycles. The fourth-order valence-electron chi connectivity index (χ4n) is 0.737. The molecule has 0 unspecified atom stereocenters. The number of amides is 2. The minimum Gasteiger partial charge on any atom is -0.337 e. The van der Waals surface area contributed by atoms with Crippen LogP contribution in [-0.2, 0) is 9.84 Å². The first-order valence-corrected chi connectivity index (χ1v) is 6.69. The summed E-state index contributed by atoms with van der Waals surface area (Å²) in [6.45, 7) is 6.93. The van der Waals surface area contributed by atoms with Crippen molar-refractivity contribution in [1.82, 2.24) is 10.6 Å². The SMILES string of the molecule is CC(C)NC(=O)NCC(C)(C)S(C)(=O)=O. The van der Waals surface area contributed by atoms with Crippen molar-refractivity contribution in [2.24, 2.45) is 0 Å². The van der Waals surface area contributed by atoms with E-state index in [9.17, 15) is 13.2 Å². The summed E-state index contributed by atoms with van der Waals surface area (Å²) in [7, 11) is -3.17. The number of nitrogens with one attached hydrogen (secondary N) is 2. The van der Waals surface area contributed by atoms with E-state index in [4.69, 9.17) is 0 Å². The van der Waals surface area contributed by atoms with Gasteiger partial charge in [0.05, 0.1) is 4.75 Å².